The molecular weight excluding hydrogens is 587 g/mol. The van der Waals surface area contributed by atoms with Crippen molar-refractivity contribution in [2.45, 2.75) is 59.3 Å². The molecule has 0 radical (unpaired) electrons. The Kier molecular flexibility index (Phi) is 6.76. The first-order valence-electron chi connectivity index (χ1n) is 16.7. The van der Waals surface area contributed by atoms with Gasteiger partial charge in [-0.2, -0.15) is 0 Å². The molecule has 1 aliphatic carbocycles. The van der Waals surface area contributed by atoms with Crippen LogP contribution in [0.1, 0.15) is 62.4 Å². The van der Waals surface area contributed by atoms with Gasteiger partial charge in [-0.05, 0) is 112 Å². The van der Waals surface area contributed by atoms with E-state index in [2.05, 4.69) is 175 Å². The minimum atomic E-state index is -0.0732. The number of aryl methyl sites for hydroxylation is 2. The highest BCUT2D eigenvalue weighted by atomic mass is 32.1. The number of hydrogen-bond acceptors (Lipinski definition) is 2. The van der Waals surface area contributed by atoms with E-state index in [4.69, 9.17) is 0 Å². The summed E-state index contributed by atoms with van der Waals surface area (Å²) in [6.07, 6.45) is 0. The van der Waals surface area contributed by atoms with Crippen LogP contribution in [0.25, 0.3) is 42.4 Å². The van der Waals surface area contributed by atoms with E-state index in [-0.39, 0.29) is 10.8 Å². The molecule has 0 unspecified atom stereocenters. The fraction of sp³-hybridized carbons (Fsp3) is 0.200. The molecule has 0 spiro atoms. The number of thiophene rings is 1. The Bertz CT molecular complexity index is 2310. The van der Waals surface area contributed by atoms with Crippen LogP contribution in [0, 0.1) is 13.8 Å². The van der Waals surface area contributed by atoms with Gasteiger partial charge in [-0.1, -0.05) is 113 Å². The van der Waals surface area contributed by atoms with Crippen LogP contribution < -0.4 is 4.90 Å². The van der Waals surface area contributed by atoms with Crippen LogP contribution in [0.4, 0.5) is 17.1 Å². The van der Waals surface area contributed by atoms with Gasteiger partial charge in [0.25, 0.3) is 0 Å². The molecule has 2 heteroatoms. The molecule has 1 heterocycles. The van der Waals surface area contributed by atoms with Crippen LogP contribution in [0.5, 0.6) is 0 Å². The van der Waals surface area contributed by atoms with Crippen LogP contribution in [0.2, 0.25) is 0 Å². The third-order valence-electron chi connectivity index (χ3n) is 10.2. The normalized spacial score (nSPS) is 13.6. The average Bonchev–Trinajstić information content (AvgIpc) is 3.54. The standard InChI is InChI=1S/C45H41NS/c1-28-24-31(30-16-18-32(19-17-30)44(3,4)5)25-29(2)43(28)46(34-21-23-38-37-13-9-11-15-41(37)47-42(38)27-34)33-20-22-36-35-12-8-10-14-39(35)45(6,7)40(36)26-33/h8-27H,1-7H3. The molecule has 6 aromatic carbocycles. The first kappa shape index (κ1) is 29.7. The maximum atomic E-state index is 2.50. The van der Waals surface area contributed by atoms with E-state index >= 15 is 0 Å². The fourth-order valence-electron chi connectivity index (χ4n) is 7.73. The van der Waals surface area contributed by atoms with Crippen LogP contribution in [0.15, 0.2) is 121 Å². The lowest BCUT2D eigenvalue weighted by atomic mass is 9.82. The summed E-state index contributed by atoms with van der Waals surface area (Å²) in [6.45, 7) is 16.1. The molecule has 0 aliphatic heterocycles. The number of nitrogens with zero attached hydrogens (tertiary/aromatic N) is 1. The zero-order chi connectivity index (χ0) is 32.7. The third kappa shape index (κ3) is 4.81. The Morgan fingerprint density at radius 2 is 1.17 bits per heavy atom. The van der Waals surface area contributed by atoms with Gasteiger partial charge in [-0.25, -0.2) is 0 Å². The SMILES string of the molecule is Cc1cc(-c2ccc(C(C)(C)C)cc2)cc(C)c1N(c1ccc2c(c1)C(C)(C)c1ccccc1-2)c1ccc2c(c1)sc1ccccc12. The third-order valence-corrected chi connectivity index (χ3v) is 11.4. The highest BCUT2D eigenvalue weighted by Crippen LogP contribution is 2.51. The summed E-state index contributed by atoms with van der Waals surface area (Å²) in [7, 11) is 0. The maximum absolute atomic E-state index is 2.50. The second-order valence-corrected chi connectivity index (χ2v) is 15.9. The topological polar surface area (TPSA) is 3.24 Å². The van der Waals surface area contributed by atoms with Crippen molar-refractivity contribution in [2.24, 2.45) is 0 Å². The summed E-state index contributed by atoms with van der Waals surface area (Å²) in [5.41, 5.74) is 15.6. The monoisotopic (exact) mass is 627 g/mol. The van der Waals surface area contributed by atoms with Crippen molar-refractivity contribution in [3.8, 4) is 22.3 Å². The lowest BCUT2D eigenvalue weighted by Crippen LogP contribution is -2.17. The van der Waals surface area contributed by atoms with Crippen LogP contribution in [0.3, 0.4) is 0 Å². The lowest BCUT2D eigenvalue weighted by molar-refractivity contribution is 0.590. The van der Waals surface area contributed by atoms with Gasteiger partial charge in [-0.3, -0.25) is 0 Å². The Morgan fingerprint density at radius 3 is 1.91 bits per heavy atom. The van der Waals surface area contributed by atoms with Gasteiger partial charge in [-0.15, -0.1) is 11.3 Å². The molecule has 1 nitrogen and oxygen atoms in total. The van der Waals surface area contributed by atoms with Crippen molar-refractivity contribution in [3.63, 3.8) is 0 Å². The predicted molar refractivity (Wildman–Crippen MR) is 205 cm³/mol. The summed E-state index contributed by atoms with van der Waals surface area (Å²) in [6, 6.07) is 45.7. The van der Waals surface area contributed by atoms with Crippen molar-refractivity contribution >= 4 is 48.6 Å². The molecule has 0 bridgehead atoms. The Labute approximate surface area is 283 Å². The second-order valence-electron chi connectivity index (χ2n) is 14.8. The van der Waals surface area contributed by atoms with E-state index < -0.39 is 0 Å². The van der Waals surface area contributed by atoms with Crippen LogP contribution in [-0.4, -0.2) is 0 Å². The van der Waals surface area contributed by atoms with Crippen molar-refractivity contribution in [1.82, 2.24) is 0 Å². The molecule has 1 aromatic heterocycles. The first-order valence-corrected chi connectivity index (χ1v) is 17.5. The predicted octanol–water partition coefficient (Wildman–Crippen LogP) is 13.4. The number of fused-ring (bicyclic) bond motifs is 6. The highest BCUT2D eigenvalue weighted by Gasteiger charge is 2.36. The lowest BCUT2D eigenvalue weighted by Gasteiger charge is -2.31. The molecule has 232 valence electrons. The van der Waals surface area contributed by atoms with Gasteiger partial charge >= 0.3 is 0 Å². The van der Waals surface area contributed by atoms with Crippen LogP contribution >= 0.6 is 11.3 Å². The van der Waals surface area contributed by atoms with Crippen LogP contribution in [-0.2, 0) is 10.8 Å². The Hall–Kier alpha value is -4.66. The summed E-state index contributed by atoms with van der Waals surface area (Å²) in [4.78, 5) is 2.50. The van der Waals surface area contributed by atoms with E-state index in [0.717, 1.165) is 0 Å². The van der Waals surface area contributed by atoms with Crippen molar-refractivity contribution in [1.29, 1.82) is 0 Å². The molecule has 7 aromatic rings. The molecule has 1 aliphatic rings. The van der Waals surface area contributed by atoms with Gasteiger partial charge in [0.05, 0.1) is 5.69 Å². The smallest absolute Gasteiger partial charge is 0.0520 e. The second kappa shape index (κ2) is 10.7. The minimum Gasteiger partial charge on any atom is -0.310 e. The van der Waals surface area contributed by atoms with E-state index in [1.165, 1.54) is 87.3 Å². The zero-order valence-electron chi connectivity index (χ0n) is 28.4. The summed E-state index contributed by atoms with van der Waals surface area (Å²) >= 11 is 1.88. The van der Waals surface area contributed by atoms with E-state index in [9.17, 15) is 0 Å². The maximum Gasteiger partial charge on any atom is 0.0520 e. The van der Waals surface area contributed by atoms with Gasteiger partial charge < -0.3 is 4.90 Å². The molecule has 0 amide bonds. The molecule has 0 saturated carbocycles. The molecular formula is C45H41NS. The van der Waals surface area contributed by atoms with Gasteiger partial charge in [0.2, 0.25) is 0 Å². The number of rotatable bonds is 4. The summed E-state index contributed by atoms with van der Waals surface area (Å²) < 4.78 is 2.64. The van der Waals surface area contributed by atoms with Gasteiger partial charge in [0.15, 0.2) is 0 Å². The van der Waals surface area contributed by atoms with Gasteiger partial charge in [0.1, 0.15) is 0 Å². The fourth-order valence-corrected chi connectivity index (χ4v) is 8.87. The van der Waals surface area contributed by atoms with E-state index in [1.807, 2.05) is 11.3 Å². The van der Waals surface area contributed by atoms with Crippen molar-refractivity contribution in [2.75, 3.05) is 4.90 Å². The Balaban J connectivity index is 1.31. The van der Waals surface area contributed by atoms with Crippen molar-refractivity contribution in [3.05, 3.63) is 149 Å². The van der Waals surface area contributed by atoms with E-state index in [1.54, 1.807) is 0 Å². The highest BCUT2D eigenvalue weighted by molar-refractivity contribution is 7.25. The summed E-state index contributed by atoms with van der Waals surface area (Å²) in [5, 5.41) is 2.65. The molecule has 0 saturated heterocycles. The minimum absolute atomic E-state index is 0.0732. The molecule has 0 N–H and O–H groups in total. The zero-order valence-corrected chi connectivity index (χ0v) is 29.2. The molecule has 0 atom stereocenters. The van der Waals surface area contributed by atoms with E-state index in [0.29, 0.717) is 0 Å². The van der Waals surface area contributed by atoms with Gasteiger partial charge in [0, 0.05) is 37.0 Å². The first-order chi connectivity index (χ1) is 22.5. The number of benzene rings is 6. The van der Waals surface area contributed by atoms with Crippen molar-refractivity contribution < 1.29 is 0 Å². The molecule has 47 heavy (non-hydrogen) atoms. The molecule has 8 rings (SSSR count). The summed E-state index contributed by atoms with van der Waals surface area (Å²) in [5.74, 6) is 0. The Morgan fingerprint density at radius 1 is 0.553 bits per heavy atom. The average molecular weight is 628 g/mol. The number of hydrogen-bond donors (Lipinski definition) is 0. The largest absolute Gasteiger partial charge is 0.310 e. The quantitative estimate of drug-likeness (QED) is 0.188. The number of anilines is 3. The molecule has 0 fully saturated rings.